The van der Waals surface area contributed by atoms with Crippen LogP contribution in [0.2, 0.25) is 0 Å². The molecular formula is C12H14AgN2O2. The van der Waals surface area contributed by atoms with Crippen LogP contribution in [-0.2, 0) is 31.9 Å². The fraction of sp³-hybridized carbons (Fsp3) is 0.333. The van der Waals surface area contributed by atoms with Crippen molar-refractivity contribution in [1.29, 1.82) is 0 Å². The van der Waals surface area contributed by atoms with E-state index in [-0.39, 0.29) is 22.4 Å². The summed E-state index contributed by atoms with van der Waals surface area (Å²) in [4.78, 5) is 8.57. The van der Waals surface area contributed by atoms with Crippen molar-refractivity contribution in [3.8, 4) is 0 Å². The van der Waals surface area contributed by atoms with Crippen LogP contribution in [0, 0.1) is 0 Å². The Morgan fingerprint density at radius 1 is 1.24 bits per heavy atom. The van der Waals surface area contributed by atoms with Gasteiger partial charge in [-0.1, -0.05) is 6.07 Å². The number of aromatic nitrogens is 1. The topological polar surface area (TPSA) is 43.7 Å². The molecule has 1 aliphatic heterocycles. The Labute approximate surface area is 116 Å². The van der Waals surface area contributed by atoms with Crippen molar-refractivity contribution >= 4 is 5.71 Å². The molecule has 2 rings (SSSR count). The maximum atomic E-state index is 5.36. The summed E-state index contributed by atoms with van der Waals surface area (Å²) < 4.78 is 10.7. The maximum Gasteiger partial charge on any atom is 0.194 e. The number of hydrogen-bond acceptors (Lipinski definition) is 4. The summed E-state index contributed by atoms with van der Waals surface area (Å²) >= 11 is 0. The van der Waals surface area contributed by atoms with Gasteiger partial charge < -0.3 is 9.47 Å². The SMILES string of the molecule is COC1(OC)C=CN=C(c2ccccn2)C1.[Ag]. The van der Waals surface area contributed by atoms with E-state index in [1.165, 1.54) is 0 Å². The summed E-state index contributed by atoms with van der Waals surface area (Å²) in [6.07, 6.45) is 5.81. The number of rotatable bonds is 3. The van der Waals surface area contributed by atoms with E-state index >= 15 is 0 Å². The molecule has 5 heteroatoms. The molecule has 1 aromatic heterocycles. The third-order valence-electron chi connectivity index (χ3n) is 2.62. The van der Waals surface area contributed by atoms with Gasteiger partial charge >= 0.3 is 0 Å². The smallest absolute Gasteiger partial charge is 0.194 e. The molecule has 0 aromatic carbocycles. The monoisotopic (exact) mass is 325 g/mol. The molecule has 0 N–H and O–H groups in total. The van der Waals surface area contributed by atoms with Crippen molar-refractivity contribution in [3.63, 3.8) is 0 Å². The number of methoxy groups -OCH3 is 2. The van der Waals surface area contributed by atoms with Crippen LogP contribution in [0.25, 0.3) is 0 Å². The second-order valence-electron chi connectivity index (χ2n) is 3.50. The summed E-state index contributed by atoms with van der Waals surface area (Å²) in [6, 6.07) is 5.74. The third kappa shape index (κ3) is 3.12. The van der Waals surface area contributed by atoms with Gasteiger partial charge in [0.2, 0.25) is 0 Å². The molecule has 1 aromatic rings. The molecule has 0 fully saturated rings. The summed E-state index contributed by atoms with van der Waals surface area (Å²) in [6.45, 7) is 0. The standard InChI is InChI=1S/C12H14N2O2.Ag/c1-15-12(16-2)6-8-14-11(9-12)10-5-3-4-7-13-10;/h3-8H,9H2,1-2H3;. The van der Waals surface area contributed by atoms with Crippen molar-refractivity contribution in [3.05, 3.63) is 42.4 Å². The maximum absolute atomic E-state index is 5.36. The van der Waals surface area contributed by atoms with Crippen LogP contribution in [0.3, 0.4) is 0 Å². The van der Waals surface area contributed by atoms with E-state index in [2.05, 4.69) is 9.98 Å². The first-order valence-electron chi connectivity index (χ1n) is 5.06. The van der Waals surface area contributed by atoms with Crippen LogP contribution in [-0.4, -0.2) is 30.7 Å². The Morgan fingerprint density at radius 2 is 2.00 bits per heavy atom. The minimum Gasteiger partial charge on any atom is -0.349 e. The zero-order chi connectivity index (χ0) is 11.4. The van der Waals surface area contributed by atoms with E-state index in [1.807, 2.05) is 18.2 Å². The predicted molar refractivity (Wildman–Crippen MR) is 61.3 cm³/mol. The molecule has 0 saturated carbocycles. The number of pyridine rings is 1. The van der Waals surface area contributed by atoms with Gasteiger partial charge in [0, 0.05) is 49.0 Å². The molecule has 1 radical (unpaired) electrons. The van der Waals surface area contributed by atoms with Gasteiger partial charge in [0.1, 0.15) is 0 Å². The van der Waals surface area contributed by atoms with Crippen LogP contribution < -0.4 is 0 Å². The second-order valence-corrected chi connectivity index (χ2v) is 3.50. The molecule has 4 nitrogen and oxygen atoms in total. The van der Waals surface area contributed by atoms with E-state index in [1.54, 1.807) is 32.7 Å². The van der Waals surface area contributed by atoms with Crippen molar-refractivity contribution in [1.82, 2.24) is 4.98 Å². The van der Waals surface area contributed by atoms with Crippen LogP contribution in [0.5, 0.6) is 0 Å². The Kier molecular flexibility index (Phi) is 5.24. The quantitative estimate of drug-likeness (QED) is 0.628. The fourth-order valence-corrected chi connectivity index (χ4v) is 1.63. The molecule has 0 atom stereocenters. The molecule has 95 valence electrons. The van der Waals surface area contributed by atoms with Gasteiger partial charge in [-0.05, 0) is 18.2 Å². The molecular weight excluding hydrogens is 312 g/mol. The minimum absolute atomic E-state index is 0. The van der Waals surface area contributed by atoms with Gasteiger partial charge in [-0.2, -0.15) is 0 Å². The zero-order valence-corrected chi connectivity index (χ0v) is 11.2. The van der Waals surface area contributed by atoms with Gasteiger partial charge in [0.25, 0.3) is 0 Å². The zero-order valence-electron chi connectivity index (χ0n) is 9.68. The van der Waals surface area contributed by atoms with E-state index in [0.29, 0.717) is 6.42 Å². The number of ether oxygens (including phenoxy) is 2. The van der Waals surface area contributed by atoms with Crippen LogP contribution in [0.1, 0.15) is 12.1 Å². The molecule has 0 unspecified atom stereocenters. The van der Waals surface area contributed by atoms with Crippen molar-refractivity contribution < 1.29 is 31.9 Å². The Morgan fingerprint density at radius 3 is 2.59 bits per heavy atom. The second kappa shape index (κ2) is 6.23. The summed E-state index contributed by atoms with van der Waals surface area (Å²) in [5.74, 6) is -0.714. The van der Waals surface area contributed by atoms with Gasteiger partial charge in [0.15, 0.2) is 5.79 Å². The molecule has 1 aliphatic rings. The van der Waals surface area contributed by atoms with E-state index < -0.39 is 5.79 Å². The first-order chi connectivity index (χ1) is 7.79. The molecule has 0 bridgehead atoms. The molecule has 0 saturated heterocycles. The molecule has 0 aliphatic carbocycles. The number of hydrogen-bond donors (Lipinski definition) is 0. The first-order valence-corrected chi connectivity index (χ1v) is 5.06. The normalized spacial score (nSPS) is 17.2. The van der Waals surface area contributed by atoms with Crippen molar-refractivity contribution in [2.45, 2.75) is 12.2 Å². The van der Waals surface area contributed by atoms with Crippen LogP contribution in [0.4, 0.5) is 0 Å². The molecule has 0 spiro atoms. The largest absolute Gasteiger partial charge is 0.349 e. The summed E-state index contributed by atoms with van der Waals surface area (Å²) in [7, 11) is 3.24. The van der Waals surface area contributed by atoms with Gasteiger partial charge in [0.05, 0.1) is 17.8 Å². The Bertz CT molecular complexity index is 414. The number of aliphatic imine (C=N–C) groups is 1. The van der Waals surface area contributed by atoms with Crippen molar-refractivity contribution in [2.24, 2.45) is 4.99 Å². The number of nitrogens with zero attached hydrogens (tertiary/aromatic N) is 2. The fourth-order valence-electron chi connectivity index (χ4n) is 1.63. The predicted octanol–water partition coefficient (Wildman–Crippen LogP) is 1.77. The average Bonchev–Trinajstić information content (AvgIpc) is 2.40. The Balaban J connectivity index is 0.00000144. The summed E-state index contributed by atoms with van der Waals surface area (Å²) in [5.41, 5.74) is 1.72. The molecule has 2 heterocycles. The average molecular weight is 326 g/mol. The van der Waals surface area contributed by atoms with E-state index in [9.17, 15) is 0 Å². The van der Waals surface area contributed by atoms with Gasteiger partial charge in [-0.15, -0.1) is 0 Å². The van der Waals surface area contributed by atoms with Crippen molar-refractivity contribution in [2.75, 3.05) is 14.2 Å². The molecule has 17 heavy (non-hydrogen) atoms. The van der Waals surface area contributed by atoms with Gasteiger partial charge in [-0.25, -0.2) is 0 Å². The first kappa shape index (κ1) is 14.3. The Hall–Kier alpha value is -0.780. The molecule has 0 amide bonds. The van der Waals surface area contributed by atoms with Crippen LogP contribution >= 0.6 is 0 Å². The van der Waals surface area contributed by atoms with E-state index in [4.69, 9.17) is 9.47 Å². The summed E-state index contributed by atoms with van der Waals surface area (Å²) in [5, 5.41) is 0. The van der Waals surface area contributed by atoms with Gasteiger partial charge in [-0.3, -0.25) is 9.98 Å². The van der Waals surface area contributed by atoms with Crippen LogP contribution in [0.15, 0.2) is 41.7 Å². The third-order valence-corrected chi connectivity index (χ3v) is 2.62. The van der Waals surface area contributed by atoms with E-state index in [0.717, 1.165) is 11.4 Å². The minimum atomic E-state index is -0.714.